The van der Waals surface area contributed by atoms with Gasteiger partial charge in [0.15, 0.2) is 6.61 Å². The molecule has 0 aliphatic heterocycles. The molecule has 0 aliphatic carbocycles. The van der Waals surface area contributed by atoms with Gasteiger partial charge in [0.05, 0.1) is 6.61 Å². The summed E-state index contributed by atoms with van der Waals surface area (Å²) < 4.78 is 9.00. The van der Waals surface area contributed by atoms with Gasteiger partial charge in [0.2, 0.25) is 0 Å². The summed E-state index contributed by atoms with van der Waals surface area (Å²) in [5.41, 5.74) is 0.500. The Labute approximate surface area is 98.2 Å². The van der Waals surface area contributed by atoms with Gasteiger partial charge in [-0.15, -0.1) is 0 Å². The van der Waals surface area contributed by atoms with Crippen LogP contribution in [0.15, 0.2) is 24.3 Å². The molecule has 0 radical (unpaired) electrons. The molecule has 1 amide bonds. The number of nitrogens with one attached hydrogen (secondary N) is 1. The molecule has 6 heteroatoms. The Balaban J connectivity index is 2.34. The van der Waals surface area contributed by atoms with Crippen molar-refractivity contribution in [3.63, 3.8) is 0 Å². The standard InChI is InChI=1S/C11H13NO5/c1-2-16-11(15)17-7-10(14)12-8-3-5-9(13)6-4-8/h3-6,13H,2,7H2,1H3,(H,12,14). The van der Waals surface area contributed by atoms with Gasteiger partial charge in [0.1, 0.15) is 5.75 Å². The van der Waals surface area contributed by atoms with Crippen LogP contribution in [0.2, 0.25) is 0 Å². The predicted octanol–water partition coefficient (Wildman–Crippen LogP) is 1.50. The molecule has 0 bridgehead atoms. The number of benzene rings is 1. The average Bonchev–Trinajstić information content (AvgIpc) is 2.30. The second-order valence-electron chi connectivity index (χ2n) is 3.07. The zero-order chi connectivity index (χ0) is 12.7. The number of aromatic hydroxyl groups is 1. The largest absolute Gasteiger partial charge is 0.508 e. The first-order valence-corrected chi connectivity index (χ1v) is 5.00. The number of rotatable bonds is 4. The molecule has 0 unspecified atom stereocenters. The van der Waals surface area contributed by atoms with Crippen LogP contribution in [0, 0.1) is 0 Å². The second-order valence-corrected chi connectivity index (χ2v) is 3.07. The number of hydrogen-bond acceptors (Lipinski definition) is 5. The summed E-state index contributed by atoms with van der Waals surface area (Å²) in [7, 11) is 0. The molecular weight excluding hydrogens is 226 g/mol. The van der Waals surface area contributed by atoms with E-state index in [1.165, 1.54) is 24.3 Å². The Morgan fingerprint density at radius 2 is 1.88 bits per heavy atom. The van der Waals surface area contributed by atoms with Crippen molar-refractivity contribution in [2.45, 2.75) is 6.92 Å². The van der Waals surface area contributed by atoms with E-state index in [0.29, 0.717) is 5.69 Å². The zero-order valence-corrected chi connectivity index (χ0v) is 9.30. The van der Waals surface area contributed by atoms with Crippen molar-refractivity contribution in [1.29, 1.82) is 0 Å². The van der Waals surface area contributed by atoms with Gasteiger partial charge in [0, 0.05) is 5.69 Å². The molecule has 1 aromatic carbocycles. The zero-order valence-electron chi connectivity index (χ0n) is 9.30. The molecule has 6 nitrogen and oxygen atoms in total. The average molecular weight is 239 g/mol. The van der Waals surface area contributed by atoms with Gasteiger partial charge in [-0.3, -0.25) is 4.79 Å². The third-order valence-corrected chi connectivity index (χ3v) is 1.73. The van der Waals surface area contributed by atoms with E-state index in [1.54, 1.807) is 6.92 Å². The van der Waals surface area contributed by atoms with E-state index in [4.69, 9.17) is 5.11 Å². The summed E-state index contributed by atoms with van der Waals surface area (Å²) in [4.78, 5) is 22.1. The highest BCUT2D eigenvalue weighted by Gasteiger charge is 2.07. The first-order valence-electron chi connectivity index (χ1n) is 5.00. The normalized spacial score (nSPS) is 9.47. The molecule has 0 heterocycles. The van der Waals surface area contributed by atoms with Crippen molar-refractivity contribution in [2.75, 3.05) is 18.5 Å². The van der Waals surface area contributed by atoms with E-state index in [0.717, 1.165) is 0 Å². The lowest BCUT2D eigenvalue weighted by Gasteiger charge is -2.06. The lowest BCUT2D eigenvalue weighted by Crippen LogP contribution is -2.21. The minimum absolute atomic E-state index is 0.103. The topological polar surface area (TPSA) is 84.9 Å². The lowest BCUT2D eigenvalue weighted by molar-refractivity contribution is -0.119. The number of anilines is 1. The van der Waals surface area contributed by atoms with Gasteiger partial charge < -0.3 is 19.9 Å². The van der Waals surface area contributed by atoms with Crippen LogP contribution in [0.4, 0.5) is 10.5 Å². The summed E-state index contributed by atoms with van der Waals surface area (Å²) >= 11 is 0. The maximum absolute atomic E-state index is 11.3. The summed E-state index contributed by atoms with van der Waals surface area (Å²) in [6.45, 7) is 1.41. The van der Waals surface area contributed by atoms with Crippen molar-refractivity contribution in [1.82, 2.24) is 0 Å². The van der Waals surface area contributed by atoms with Gasteiger partial charge in [-0.1, -0.05) is 0 Å². The van der Waals surface area contributed by atoms with Gasteiger partial charge in [-0.05, 0) is 31.2 Å². The van der Waals surface area contributed by atoms with E-state index in [1.807, 2.05) is 0 Å². The number of amides is 1. The fourth-order valence-electron chi connectivity index (χ4n) is 1.03. The van der Waals surface area contributed by atoms with Gasteiger partial charge in [-0.25, -0.2) is 4.79 Å². The quantitative estimate of drug-likeness (QED) is 0.614. The number of phenolic OH excluding ortho intramolecular Hbond substituents is 1. The van der Waals surface area contributed by atoms with E-state index < -0.39 is 18.7 Å². The van der Waals surface area contributed by atoms with E-state index in [9.17, 15) is 9.59 Å². The van der Waals surface area contributed by atoms with Crippen LogP contribution in [-0.4, -0.2) is 30.4 Å². The molecule has 0 atom stereocenters. The minimum atomic E-state index is -0.881. The number of phenols is 1. The van der Waals surface area contributed by atoms with E-state index in [2.05, 4.69) is 14.8 Å². The molecule has 0 aromatic heterocycles. The van der Waals surface area contributed by atoms with Crippen LogP contribution in [0.1, 0.15) is 6.92 Å². The van der Waals surface area contributed by atoms with Crippen LogP contribution in [0.5, 0.6) is 5.75 Å². The molecule has 2 N–H and O–H groups in total. The lowest BCUT2D eigenvalue weighted by atomic mass is 10.3. The molecule has 0 aliphatic rings. The van der Waals surface area contributed by atoms with Crippen LogP contribution >= 0.6 is 0 Å². The Hall–Kier alpha value is -2.24. The SMILES string of the molecule is CCOC(=O)OCC(=O)Nc1ccc(O)cc1. The highest BCUT2D eigenvalue weighted by atomic mass is 16.7. The first-order chi connectivity index (χ1) is 8.11. The fraction of sp³-hybridized carbons (Fsp3) is 0.273. The Kier molecular flexibility index (Phi) is 4.80. The molecular formula is C11H13NO5. The van der Waals surface area contributed by atoms with Crippen LogP contribution in [0.25, 0.3) is 0 Å². The maximum Gasteiger partial charge on any atom is 0.508 e. The van der Waals surface area contributed by atoms with Crippen molar-refractivity contribution in [3.05, 3.63) is 24.3 Å². The highest BCUT2D eigenvalue weighted by Crippen LogP contribution is 2.13. The molecule has 0 saturated carbocycles. The van der Waals surface area contributed by atoms with Crippen molar-refractivity contribution in [3.8, 4) is 5.75 Å². The summed E-state index contributed by atoms with van der Waals surface area (Å²) in [5, 5.41) is 11.5. The summed E-state index contributed by atoms with van der Waals surface area (Å²) in [6.07, 6.45) is -0.881. The third-order valence-electron chi connectivity index (χ3n) is 1.73. The molecule has 0 fully saturated rings. The first kappa shape index (κ1) is 12.8. The minimum Gasteiger partial charge on any atom is -0.508 e. The van der Waals surface area contributed by atoms with Gasteiger partial charge >= 0.3 is 6.16 Å². The number of carbonyl (C=O) groups excluding carboxylic acids is 2. The monoisotopic (exact) mass is 239 g/mol. The Morgan fingerprint density at radius 3 is 2.47 bits per heavy atom. The smallest absolute Gasteiger partial charge is 0.508 e. The fourth-order valence-corrected chi connectivity index (χ4v) is 1.03. The molecule has 0 saturated heterocycles. The van der Waals surface area contributed by atoms with Crippen LogP contribution in [0.3, 0.4) is 0 Å². The van der Waals surface area contributed by atoms with E-state index in [-0.39, 0.29) is 12.4 Å². The highest BCUT2D eigenvalue weighted by molar-refractivity contribution is 5.92. The number of hydrogen-bond donors (Lipinski definition) is 2. The molecule has 92 valence electrons. The van der Waals surface area contributed by atoms with Crippen molar-refractivity contribution >= 4 is 17.7 Å². The molecule has 1 rings (SSSR count). The van der Waals surface area contributed by atoms with Crippen LogP contribution in [-0.2, 0) is 14.3 Å². The van der Waals surface area contributed by atoms with Crippen LogP contribution < -0.4 is 5.32 Å². The van der Waals surface area contributed by atoms with Gasteiger partial charge in [0.25, 0.3) is 5.91 Å². The van der Waals surface area contributed by atoms with Crippen molar-refractivity contribution < 1.29 is 24.2 Å². The summed E-state index contributed by atoms with van der Waals surface area (Å²) in [6, 6.07) is 5.92. The predicted molar refractivity (Wildman–Crippen MR) is 59.7 cm³/mol. The number of ether oxygens (including phenoxy) is 2. The number of carbonyl (C=O) groups is 2. The second kappa shape index (κ2) is 6.37. The Morgan fingerprint density at radius 1 is 1.24 bits per heavy atom. The maximum atomic E-state index is 11.3. The van der Waals surface area contributed by atoms with Crippen molar-refractivity contribution in [2.24, 2.45) is 0 Å². The molecule has 17 heavy (non-hydrogen) atoms. The van der Waals surface area contributed by atoms with Gasteiger partial charge in [-0.2, -0.15) is 0 Å². The third kappa shape index (κ3) is 4.87. The summed E-state index contributed by atoms with van der Waals surface area (Å²) in [5.74, 6) is -0.380. The molecule has 1 aromatic rings. The Bertz CT molecular complexity index is 387. The van der Waals surface area contributed by atoms with E-state index >= 15 is 0 Å². The molecule has 0 spiro atoms.